The van der Waals surface area contributed by atoms with Gasteiger partial charge < -0.3 is 19.7 Å². The Morgan fingerprint density at radius 1 is 1.50 bits per heavy atom. The van der Waals surface area contributed by atoms with E-state index in [4.69, 9.17) is 9.84 Å². The molecule has 2 rings (SSSR count). The normalized spacial score (nSPS) is 12.1. The molecule has 0 unspecified atom stereocenters. The first-order valence-corrected chi connectivity index (χ1v) is 7.76. The average molecular weight is 322 g/mol. The Morgan fingerprint density at radius 2 is 2.32 bits per heavy atom. The zero-order chi connectivity index (χ0) is 15.9. The molecule has 118 valence electrons. The molecule has 0 fully saturated rings. The summed E-state index contributed by atoms with van der Waals surface area (Å²) < 4.78 is 6.89. The van der Waals surface area contributed by atoms with Gasteiger partial charge in [0, 0.05) is 19.8 Å². The number of aromatic nitrogens is 1. The van der Waals surface area contributed by atoms with Gasteiger partial charge in [0.15, 0.2) is 0 Å². The number of hydrogen-bond donors (Lipinski definition) is 2. The highest BCUT2D eigenvalue weighted by atomic mass is 32.1. The number of carbonyl (C=O) groups is 1. The predicted molar refractivity (Wildman–Crippen MR) is 84.1 cm³/mol. The second kappa shape index (κ2) is 7.88. The summed E-state index contributed by atoms with van der Waals surface area (Å²) in [5.41, 5.74) is 0.680. The minimum absolute atomic E-state index is 0.0895. The smallest absolute Gasteiger partial charge is 0.263 e. The molecule has 7 heteroatoms. The van der Waals surface area contributed by atoms with Crippen LogP contribution in [-0.2, 0) is 11.8 Å². The summed E-state index contributed by atoms with van der Waals surface area (Å²) in [7, 11) is 1.59. The Hall–Kier alpha value is -1.96. The van der Waals surface area contributed by atoms with E-state index in [2.05, 4.69) is 5.32 Å². The first kappa shape index (κ1) is 16.4. The van der Waals surface area contributed by atoms with Crippen molar-refractivity contribution < 1.29 is 14.6 Å². The molecular formula is C15H18N2O4S. The van der Waals surface area contributed by atoms with E-state index in [1.165, 1.54) is 22.0 Å². The lowest BCUT2D eigenvalue weighted by molar-refractivity contribution is 0.0279. The Bertz CT molecular complexity index is 666. The third-order valence-corrected chi connectivity index (χ3v) is 3.84. The Labute approximate surface area is 132 Å². The first-order valence-electron chi connectivity index (χ1n) is 6.82. The summed E-state index contributed by atoms with van der Waals surface area (Å²) in [6, 6.07) is 5.04. The van der Waals surface area contributed by atoms with Gasteiger partial charge in [0.1, 0.15) is 11.7 Å². The zero-order valence-electron chi connectivity index (χ0n) is 12.2. The molecule has 0 aromatic carbocycles. The van der Waals surface area contributed by atoms with E-state index in [0.717, 1.165) is 5.56 Å². The molecule has 2 aromatic rings. The van der Waals surface area contributed by atoms with Crippen molar-refractivity contribution in [3.05, 3.63) is 56.6 Å². The third-order valence-electron chi connectivity index (χ3n) is 3.14. The van der Waals surface area contributed by atoms with Gasteiger partial charge in [0.05, 0.1) is 13.2 Å². The van der Waals surface area contributed by atoms with Gasteiger partial charge in [-0.05, 0) is 34.5 Å². The van der Waals surface area contributed by atoms with Crippen LogP contribution in [0, 0.1) is 0 Å². The minimum Gasteiger partial charge on any atom is -0.394 e. The molecule has 0 saturated heterocycles. The van der Waals surface area contributed by atoms with E-state index in [-0.39, 0.29) is 37.0 Å². The average Bonchev–Trinajstić information content (AvgIpc) is 3.04. The number of aliphatic hydroxyl groups excluding tert-OH is 1. The number of nitrogens with one attached hydrogen (secondary N) is 1. The largest absolute Gasteiger partial charge is 0.394 e. The number of hydrogen-bond acceptors (Lipinski definition) is 5. The molecule has 22 heavy (non-hydrogen) atoms. The molecular weight excluding hydrogens is 304 g/mol. The lowest BCUT2D eigenvalue weighted by Crippen LogP contribution is -2.34. The van der Waals surface area contributed by atoms with Crippen LogP contribution in [0.25, 0.3) is 0 Å². The standard InChI is InChI=1S/C15H18N2O4S/c1-17-5-2-3-12(15(17)20)14(19)16-9-13(21-7-6-18)11-4-8-22-10-11/h2-5,8,10,13,18H,6-7,9H2,1H3,(H,16,19)/t13-/m0/s1. The first-order chi connectivity index (χ1) is 10.6. The summed E-state index contributed by atoms with van der Waals surface area (Å²) in [5.74, 6) is -0.436. The maximum Gasteiger partial charge on any atom is 0.263 e. The maximum atomic E-state index is 12.1. The van der Waals surface area contributed by atoms with E-state index in [1.54, 1.807) is 19.3 Å². The molecule has 0 spiro atoms. The molecule has 0 aliphatic carbocycles. The van der Waals surface area contributed by atoms with E-state index in [9.17, 15) is 9.59 Å². The van der Waals surface area contributed by atoms with E-state index in [1.807, 2.05) is 16.8 Å². The van der Waals surface area contributed by atoms with Gasteiger partial charge in [-0.3, -0.25) is 9.59 Å². The number of rotatable bonds is 7. The lowest BCUT2D eigenvalue weighted by Gasteiger charge is -2.17. The number of pyridine rings is 1. The second-order valence-corrected chi connectivity index (χ2v) is 5.47. The fourth-order valence-corrected chi connectivity index (χ4v) is 2.68. The van der Waals surface area contributed by atoms with Gasteiger partial charge in [0.2, 0.25) is 0 Å². The number of carbonyl (C=O) groups excluding carboxylic acids is 1. The highest BCUT2D eigenvalue weighted by molar-refractivity contribution is 7.07. The molecule has 0 radical (unpaired) electrons. The molecule has 0 bridgehead atoms. The second-order valence-electron chi connectivity index (χ2n) is 4.69. The molecule has 1 amide bonds. The van der Waals surface area contributed by atoms with Crippen molar-refractivity contribution >= 4 is 17.2 Å². The predicted octanol–water partition coefficient (Wildman–Crippen LogP) is 0.927. The summed E-state index contributed by atoms with van der Waals surface area (Å²) in [4.78, 5) is 24.0. The van der Waals surface area contributed by atoms with Crippen molar-refractivity contribution in [2.45, 2.75) is 6.10 Å². The van der Waals surface area contributed by atoms with Crippen molar-refractivity contribution in [3.8, 4) is 0 Å². The van der Waals surface area contributed by atoms with Gasteiger partial charge in [-0.2, -0.15) is 11.3 Å². The Morgan fingerprint density at radius 3 is 3.00 bits per heavy atom. The van der Waals surface area contributed by atoms with Crippen LogP contribution in [-0.4, -0.2) is 35.3 Å². The van der Waals surface area contributed by atoms with Crippen LogP contribution in [0.2, 0.25) is 0 Å². The SMILES string of the molecule is Cn1cccc(C(=O)NC[C@H](OCCO)c2ccsc2)c1=O. The van der Waals surface area contributed by atoms with Crippen LogP contribution in [0.3, 0.4) is 0 Å². The van der Waals surface area contributed by atoms with Gasteiger partial charge in [-0.25, -0.2) is 0 Å². The molecule has 2 aromatic heterocycles. The highest BCUT2D eigenvalue weighted by Crippen LogP contribution is 2.19. The number of aliphatic hydroxyl groups is 1. The molecule has 0 aliphatic rings. The van der Waals surface area contributed by atoms with E-state index < -0.39 is 5.91 Å². The van der Waals surface area contributed by atoms with Gasteiger partial charge in [-0.1, -0.05) is 0 Å². The van der Waals surface area contributed by atoms with Crippen LogP contribution >= 0.6 is 11.3 Å². The van der Waals surface area contributed by atoms with Gasteiger partial charge >= 0.3 is 0 Å². The quantitative estimate of drug-likeness (QED) is 0.794. The van der Waals surface area contributed by atoms with Crippen LogP contribution in [0.5, 0.6) is 0 Å². The molecule has 0 saturated carbocycles. The van der Waals surface area contributed by atoms with E-state index >= 15 is 0 Å². The van der Waals surface area contributed by atoms with Crippen LogP contribution in [0.1, 0.15) is 22.0 Å². The lowest BCUT2D eigenvalue weighted by atomic mass is 10.2. The van der Waals surface area contributed by atoms with Crippen molar-refractivity contribution in [1.29, 1.82) is 0 Å². The van der Waals surface area contributed by atoms with Crippen molar-refractivity contribution in [2.75, 3.05) is 19.8 Å². The molecule has 0 aliphatic heterocycles. The summed E-state index contributed by atoms with van der Waals surface area (Å²) in [6.07, 6.45) is 1.24. The summed E-state index contributed by atoms with van der Waals surface area (Å²) in [5, 5.41) is 15.4. The Kier molecular flexibility index (Phi) is 5.88. The number of nitrogens with zero attached hydrogens (tertiary/aromatic N) is 1. The molecule has 2 N–H and O–H groups in total. The van der Waals surface area contributed by atoms with E-state index in [0.29, 0.717) is 0 Å². The fourth-order valence-electron chi connectivity index (χ4n) is 1.98. The number of amides is 1. The van der Waals surface area contributed by atoms with Crippen LogP contribution in [0.15, 0.2) is 40.0 Å². The third kappa shape index (κ3) is 4.03. The van der Waals surface area contributed by atoms with Crippen LogP contribution < -0.4 is 10.9 Å². The van der Waals surface area contributed by atoms with Crippen molar-refractivity contribution in [2.24, 2.45) is 7.05 Å². The van der Waals surface area contributed by atoms with Crippen molar-refractivity contribution in [3.63, 3.8) is 0 Å². The molecule has 2 heterocycles. The number of ether oxygens (including phenoxy) is 1. The summed E-state index contributed by atoms with van der Waals surface area (Å²) in [6.45, 7) is 0.324. The zero-order valence-corrected chi connectivity index (χ0v) is 13.0. The maximum absolute atomic E-state index is 12.1. The topological polar surface area (TPSA) is 80.6 Å². The molecule has 1 atom stereocenters. The number of aryl methyl sites for hydroxylation is 1. The summed E-state index contributed by atoms with van der Waals surface area (Å²) >= 11 is 1.53. The number of thiophene rings is 1. The molecule has 6 nitrogen and oxygen atoms in total. The van der Waals surface area contributed by atoms with Gasteiger partial charge in [-0.15, -0.1) is 0 Å². The van der Waals surface area contributed by atoms with Gasteiger partial charge in [0.25, 0.3) is 11.5 Å². The fraction of sp³-hybridized carbons (Fsp3) is 0.333. The monoisotopic (exact) mass is 322 g/mol. The van der Waals surface area contributed by atoms with Crippen molar-refractivity contribution in [1.82, 2.24) is 9.88 Å². The minimum atomic E-state index is -0.436. The highest BCUT2D eigenvalue weighted by Gasteiger charge is 2.16. The van der Waals surface area contributed by atoms with Crippen LogP contribution in [0.4, 0.5) is 0 Å². The Balaban J connectivity index is 2.04.